The Labute approximate surface area is 85.3 Å². The van der Waals surface area contributed by atoms with E-state index in [2.05, 4.69) is 10.2 Å². The molecule has 4 heteroatoms. The highest BCUT2D eigenvalue weighted by Crippen LogP contribution is 2.22. The van der Waals surface area contributed by atoms with Gasteiger partial charge in [0.25, 0.3) is 0 Å². The van der Waals surface area contributed by atoms with Crippen LogP contribution < -0.4 is 5.32 Å². The van der Waals surface area contributed by atoms with Gasteiger partial charge in [-0.2, -0.15) is 0 Å². The molecule has 4 nitrogen and oxygen atoms in total. The number of hydrogen-bond donors (Lipinski definition) is 2. The maximum atomic E-state index is 10.8. The molecule has 0 saturated heterocycles. The lowest BCUT2D eigenvalue weighted by Gasteiger charge is -2.26. The van der Waals surface area contributed by atoms with Crippen LogP contribution in [0.15, 0.2) is 0 Å². The summed E-state index contributed by atoms with van der Waals surface area (Å²) in [6.07, 6.45) is 5.00. The summed E-state index contributed by atoms with van der Waals surface area (Å²) >= 11 is 0. The minimum Gasteiger partial charge on any atom is -0.480 e. The Morgan fingerprint density at radius 2 is 2.14 bits per heavy atom. The summed E-state index contributed by atoms with van der Waals surface area (Å²) < 4.78 is 0. The fourth-order valence-corrected chi connectivity index (χ4v) is 2.07. The van der Waals surface area contributed by atoms with Crippen LogP contribution in [0.1, 0.15) is 25.7 Å². The van der Waals surface area contributed by atoms with Crippen molar-refractivity contribution >= 4 is 5.97 Å². The molecule has 0 aliphatic heterocycles. The summed E-state index contributed by atoms with van der Waals surface area (Å²) in [5.74, 6) is -0.766. The number of hydrogen-bond acceptors (Lipinski definition) is 3. The van der Waals surface area contributed by atoms with Gasteiger partial charge in [0.15, 0.2) is 0 Å². The van der Waals surface area contributed by atoms with Gasteiger partial charge < -0.3 is 15.3 Å². The molecule has 0 aromatic carbocycles. The minimum atomic E-state index is -0.766. The zero-order valence-electron chi connectivity index (χ0n) is 8.99. The van der Waals surface area contributed by atoms with Crippen LogP contribution in [-0.2, 0) is 4.79 Å². The monoisotopic (exact) mass is 200 g/mol. The first-order valence-electron chi connectivity index (χ1n) is 5.25. The van der Waals surface area contributed by atoms with Gasteiger partial charge in [0.05, 0.1) is 0 Å². The van der Waals surface area contributed by atoms with Crippen LogP contribution in [0.25, 0.3) is 0 Å². The van der Waals surface area contributed by atoms with E-state index in [9.17, 15) is 4.79 Å². The van der Waals surface area contributed by atoms with Gasteiger partial charge in [-0.25, -0.2) is 0 Å². The summed E-state index contributed by atoms with van der Waals surface area (Å²) in [5, 5.41) is 11.7. The van der Waals surface area contributed by atoms with Crippen molar-refractivity contribution in [3.05, 3.63) is 0 Å². The predicted molar refractivity (Wildman–Crippen MR) is 55.4 cm³/mol. The fourth-order valence-electron chi connectivity index (χ4n) is 2.07. The van der Waals surface area contributed by atoms with Crippen LogP contribution in [0.5, 0.6) is 0 Å². The van der Waals surface area contributed by atoms with Crippen molar-refractivity contribution in [2.24, 2.45) is 0 Å². The molecule has 14 heavy (non-hydrogen) atoms. The quantitative estimate of drug-likeness (QED) is 0.680. The lowest BCUT2D eigenvalue weighted by Crippen LogP contribution is -2.45. The Morgan fingerprint density at radius 3 is 2.57 bits per heavy atom. The molecule has 0 aromatic heterocycles. The number of nitrogens with zero attached hydrogens (tertiary/aromatic N) is 1. The second-order valence-corrected chi connectivity index (χ2v) is 4.06. The predicted octanol–water partition coefficient (Wildman–Crippen LogP) is 0.533. The zero-order valence-corrected chi connectivity index (χ0v) is 8.99. The molecule has 82 valence electrons. The number of aliphatic carboxylic acids is 1. The van der Waals surface area contributed by atoms with Crippen molar-refractivity contribution in [1.82, 2.24) is 10.2 Å². The SMILES string of the molecule is CNC(CN(C)C1CCCC1)C(=O)O. The largest absolute Gasteiger partial charge is 0.480 e. The van der Waals surface area contributed by atoms with Crippen LogP contribution in [-0.4, -0.2) is 48.7 Å². The van der Waals surface area contributed by atoms with Crippen LogP contribution in [0.4, 0.5) is 0 Å². The van der Waals surface area contributed by atoms with E-state index in [4.69, 9.17) is 5.11 Å². The normalized spacial score (nSPS) is 20.2. The zero-order chi connectivity index (χ0) is 10.6. The summed E-state index contributed by atoms with van der Waals surface area (Å²) in [6, 6.07) is 0.144. The number of carboxylic acids is 1. The minimum absolute atomic E-state index is 0.444. The van der Waals surface area contributed by atoms with Crippen LogP contribution in [0.2, 0.25) is 0 Å². The summed E-state index contributed by atoms with van der Waals surface area (Å²) in [6.45, 7) is 0.594. The molecular weight excluding hydrogens is 180 g/mol. The molecule has 0 amide bonds. The van der Waals surface area contributed by atoms with Crippen LogP contribution >= 0.6 is 0 Å². The van der Waals surface area contributed by atoms with Crippen molar-refractivity contribution in [3.8, 4) is 0 Å². The molecule has 1 unspecified atom stereocenters. The average molecular weight is 200 g/mol. The number of nitrogens with one attached hydrogen (secondary N) is 1. The van der Waals surface area contributed by atoms with E-state index in [1.54, 1.807) is 7.05 Å². The number of carboxylic acid groups (broad SMARTS) is 1. The van der Waals surface area contributed by atoms with Gasteiger partial charge in [0.2, 0.25) is 0 Å². The second kappa shape index (κ2) is 5.32. The summed E-state index contributed by atoms with van der Waals surface area (Å²) in [4.78, 5) is 13.0. The van der Waals surface area contributed by atoms with Gasteiger partial charge in [-0.3, -0.25) is 4.79 Å². The molecule has 0 radical (unpaired) electrons. The van der Waals surface area contributed by atoms with Crippen molar-refractivity contribution in [3.63, 3.8) is 0 Å². The van der Waals surface area contributed by atoms with Crippen LogP contribution in [0, 0.1) is 0 Å². The highest BCUT2D eigenvalue weighted by Gasteiger charge is 2.24. The van der Waals surface area contributed by atoms with Gasteiger partial charge in [0.1, 0.15) is 6.04 Å². The van der Waals surface area contributed by atoms with Gasteiger partial charge in [-0.1, -0.05) is 12.8 Å². The maximum absolute atomic E-state index is 10.8. The summed E-state index contributed by atoms with van der Waals surface area (Å²) in [5.41, 5.74) is 0. The van der Waals surface area contributed by atoms with Crippen molar-refractivity contribution in [2.45, 2.75) is 37.8 Å². The molecule has 1 saturated carbocycles. The Hall–Kier alpha value is -0.610. The standard InChI is InChI=1S/C10H20N2O2/c1-11-9(10(13)14)7-12(2)8-5-3-4-6-8/h8-9,11H,3-7H2,1-2H3,(H,13,14). The van der Waals surface area contributed by atoms with E-state index in [0.29, 0.717) is 12.6 Å². The molecule has 0 heterocycles. The van der Waals surface area contributed by atoms with Gasteiger partial charge >= 0.3 is 5.97 Å². The Bertz CT molecular complexity index is 191. The van der Waals surface area contributed by atoms with Gasteiger partial charge in [-0.05, 0) is 26.9 Å². The lowest BCUT2D eigenvalue weighted by atomic mass is 10.2. The molecule has 0 bridgehead atoms. The molecule has 1 atom stereocenters. The number of carbonyl (C=O) groups is 1. The summed E-state index contributed by atoms with van der Waals surface area (Å²) in [7, 11) is 3.71. The number of likely N-dealkylation sites (N-methyl/N-ethyl adjacent to an activating group) is 2. The Kier molecular flexibility index (Phi) is 4.35. The van der Waals surface area contributed by atoms with E-state index in [-0.39, 0.29) is 0 Å². The maximum Gasteiger partial charge on any atom is 0.322 e. The molecule has 1 aliphatic rings. The molecule has 0 aromatic rings. The molecule has 1 rings (SSSR count). The highest BCUT2D eigenvalue weighted by molar-refractivity contribution is 5.73. The van der Waals surface area contributed by atoms with Gasteiger partial charge in [0, 0.05) is 12.6 Å². The first-order valence-corrected chi connectivity index (χ1v) is 5.25. The van der Waals surface area contributed by atoms with E-state index in [1.807, 2.05) is 7.05 Å². The van der Waals surface area contributed by atoms with E-state index in [1.165, 1.54) is 25.7 Å². The lowest BCUT2D eigenvalue weighted by molar-refractivity contribution is -0.139. The van der Waals surface area contributed by atoms with E-state index < -0.39 is 12.0 Å². The van der Waals surface area contributed by atoms with Crippen molar-refractivity contribution < 1.29 is 9.90 Å². The Morgan fingerprint density at radius 1 is 1.57 bits per heavy atom. The van der Waals surface area contributed by atoms with Crippen molar-refractivity contribution in [1.29, 1.82) is 0 Å². The van der Waals surface area contributed by atoms with Crippen LogP contribution in [0.3, 0.4) is 0 Å². The molecule has 1 fully saturated rings. The van der Waals surface area contributed by atoms with E-state index >= 15 is 0 Å². The number of rotatable bonds is 5. The Balaban J connectivity index is 2.37. The average Bonchev–Trinajstić information content (AvgIpc) is 2.65. The molecule has 0 spiro atoms. The third-order valence-electron chi connectivity index (χ3n) is 3.07. The molecular formula is C10H20N2O2. The third kappa shape index (κ3) is 2.96. The van der Waals surface area contributed by atoms with E-state index in [0.717, 1.165) is 0 Å². The topological polar surface area (TPSA) is 52.6 Å². The first kappa shape index (κ1) is 11.5. The molecule has 1 aliphatic carbocycles. The first-order chi connectivity index (χ1) is 6.65. The second-order valence-electron chi connectivity index (χ2n) is 4.06. The smallest absolute Gasteiger partial charge is 0.322 e. The fraction of sp³-hybridized carbons (Fsp3) is 0.900. The van der Waals surface area contributed by atoms with Crippen molar-refractivity contribution in [2.75, 3.05) is 20.6 Å². The third-order valence-corrected chi connectivity index (χ3v) is 3.07. The highest BCUT2D eigenvalue weighted by atomic mass is 16.4. The van der Waals surface area contributed by atoms with Gasteiger partial charge in [-0.15, -0.1) is 0 Å². The molecule has 2 N–H and O–H groups in total.